The van der Waals surface area contributed by atoms with E-state index in [0.29, 0.717) is 57.4 Å². The molecule has 2 heterocycles. The van der Waals surface area contributed by atoms with E-state index in [1.54, 1.807) is 45.6 Å². The number of halogens is 2. The molecule has 2 aliphatic rings. The molecule has 0 fully saturated rings. The second-order valence-electron chi connectivity index (χ2n) is 9.07. The van der Waals surface area contributed by atoms with Gasteiger partial charge in [0.25, 0.3) is 0 Å². The molecule has 5 rings (SSSR count). The number of carbonyl (C=O) groups excluding carboxylic acids is 1. The van der Waals surface area contributed by atoms with Crippen molar-refractivity contribution >= 4 is 35.1 Å². The van der Waals surface area contributed by atoms with Gasteiger partial charge < -0.3 is 23.7 Å². The van der Waals surface area contributed by atoms with E-state index in [9.17, 15) is 4.79 Å². The first kappa shape index (κ1) is 26.2. The lowest BCUT2D eigenvalue weighted by atomic mass is 9.99. The number of ketones is 1. The number of methoxy groups -OCH3 is 3. The van der Waals surface area contributed by atoms with Crippen molar-refractivity contribution in [3.63, 3.8) is 0 Å². The number of rotatable bonds is 7. The quantitative estimate of drug-likeness (QED) is 0.315. The first-order valence-electron chi connectivity index (χ1n) is 12.0. The summed E-state index contributed by atoms with van der Waals surface area (Å²) in [5.41, 5.74) is 3.91. The predicted molar refractivity (Wildman–Crippen MR) is 146 cm³/mol. The van der Waals surface area contributed by atoms with Gasteiger partial charge in [-0.1, -0.05) is 29.3 Å². The standard InChI is InChI=1S/C29H27Cl2NO6/c1-16-28-19(14-32(15-37-28)8-7-17-5-6-20(30)12-22(17)31)9-21-27(33)26(38-29(16)21)11-18-10-24(35-3)25(36-4)13-23(18)34-2/h5-6,9-13H,7-8,14-15H2,1-4H3/b26-11-. The van der Waals surface area contributed by atoms with Crippen molar-refractivity contribution in [1.82, 2.24) is 4.90 Å². The molecule has 3 aromatic rings. The number of nitrogens with zero attached hydrogens (tertiary/aromatic N) is 1. The Kier molecular flexibility index (Phi) is 7.43. The number of allylic oxidation sites excluding steroid dienone is 1. The van der Waals surface area contributed by atoms with Gasteiger partial charge in [-0.3, -0.25) is 9.69 Å². The van der Waals surface area contributed by atoms with E-state index < -0.39 is 0 Å². The van der Waals surface area contributed by atoms with Gasteiger partial charge in [0, 0.05) is 45.9 Å². The van der Waals surface area contributed by atoms with E-state index in [1.807, 2.05) is 25.1 Å². The minimum absolute atomic E-state index is 0.199. The Morgan fingerprint density at radius 2 is 1.71 bits per heavy atom. The maximum Gasteiger partial charge on any atom is 0.231 e. The number of benzene rings is 3. The summed E-state index contributed by atoms with van der Waals surface area (Å²) < 4.78 is 28.5. The monoisotopic (exact) mass is 555 g/mol. The van der Waals surface area contributed by atoms with Crippen LogP contribution in [0.1, 0.15) is 32.6 Å². The Balaban J connectivity index is 1.39. The largest absolute Gasteiger partial charge is 0.496 e. The fraction of sp³-hybridized carbons (Fsp3) is 0.276. The second kappa shape index (κ2) is 10.8. The summed E-state index contributed by atoms with van der Waals surface area (Å²) in [5.74, 6) is 2.83. The molecule has 38 heavy (non-hydrogen) atoms. The number of ether oxygens (including phenoxy) is 5. The number of hydrogen-bond donors (Lipinski definition) is 0. The van der Waals surface area contributed by atoms with Crippen molar-refractivity contribution in [2.24, 2.45) is 0 Å². The molecule has 0 atom stereocenters. The molecule has 0 radical (unpaired) electrons. The molecule has 0 aliphatic carbocycles. The number of Topliss-reactive ketones (excluding diaryl/α,β-unsaturated/α-hetero) is 1. The van der Waals surface area contributed by atoms with E-state index in [1.165, 1.54) is 0 Å². The smallest absolute Gasteiger partial charge is 0.231 e. The molecule has 0 unspecified atom stereocenters. The minimum Gasteiger partial charge on any atom is -0.496 e. The zero-order chi connectivity index (χ0) is 27.0. The zero-order valence-electron chi connectivity index (χ0n) is 21.5. The summed E-state index contributed by atoms with van der Waals surface area (Å²) in [7, 11) is 4.66. The van der Waals surface area contributed by atoms with Gasteiger partial charge in [0.15, 0.2) is 17.3 Å². The molecule has 198 valence electrons. The molecule has 0 saturated heterocycles. The average Bonchev–Trinajstić information content (AvgIpc) is 3.22. The fourth-order valence-corrected chi connectivity index (χ4v) is 5.25. The lowest BCUT2D eigenvalue weighted by Gasteiger charge is -2.30. The molecule has 9 heteroatoms. The topological polar surface area (TPSA) is 66.5 Å². The van der Waals surface area contributed by atoms with Crippen molar-refractivity contribution < 1.29 is 28.5 Å². The maximum atomic E-state index is 13.4. The maximum absolute atomic E-state index is 13.4. The molecular formula is C29H27Cl2NO6. The van der Waals surface area contributed by atoms with Gasteiger partial charge in [0.2, 0.25) is 5.78 Å². The Morgan fingerprint density at radius 3 is 2.42 bits per heavy atom. The molecule has 7 nitrogen and oxygen atoms in total. The predicted octanol–water partition coefficient (Wildman–Crippen LogP) is 6.34. The molecule has 0 spiro atoms. The molecular weight excluding hydrogens is 529 g/mol. The van der Waals surface area contributed by atoms with Crippen LogP contribution >= 0.6 is 23.2 Å². The molecule has 2 aliphatic heterocycles. The SMILES string of the molecule is COc1cc(OC)c(OC)cc1/C=C1\Oc2c(cc3c(c2C)OCN(CCc2ccc(Cl)cc2Cl)C3)C1=O. The van der Waals surface area contributed by atoms with Gasteiger partial charge in [-0.15, -0.1) is 0 Å². The summed E-state index contributed by atoms with van der Waals surface area (Å²) in [4.78, 5) is 15.6. The molecule has 0 amide bonds. The van der Waals surface area contributed by atoms with Gasteiger partial charge in [-0.05, 0) is 49.2 Å². The lowest BCUT2D eigenvalue weighted by molar-refractivity contribution is 0.0954. The molecule has 0 aromatic heterocycles. The first-order valence-corrected chi connectivity index (χ1v) is 12.8. The highest BCUT2D eigenvalue weighted by Crippen LogP contribution is 2.44. The van der Waals surface area contributed by atoms with Crippen LogP contribution in [0.2, 0.25) is 10.0 Å². The van der Waals surface area contributed by atoms with Crippen LogP contribution in [0.5, 0.6) is 28.7 Å². The third-order valence-electron chi connectivity index (χ3n) is 6.74. The molecule has 0 saturated carbocycles. The summed E-state index contributed by atoms with van der Waals surface area (Å²) in [6.07, 6.45) is 2.41. The van der Waals surface area contributed by atoms with E-state index >= 15 is 0 Å². The van der Waals surface area contributed by atoms with Crippen molar-refractivity contribution in [3.8, 4) is 28.7 Å². The third kappa shape index (κ3) is 4.89. The Morgan fingerprint density at radius 1 is 0.974 bits per heavy atom. The third-order valence-corrected chi connectivity index (χ3v) is 7.32. The lowest BCUT2D eigenvalue weighted by Crippen LogP contribution is -2.34. The normalized spacial score (nSPS) is 15.5. The number of hydrogen-bond acceptors (Lipinski definition) is 7. The van der Waals surface area contributed by atoms with Gasteiger partial charge in [0.05, 0.1) is 26.9 Å². The highest BCUT2D eigenvalue weighted by atomic mass is 35.5. The summed E-state index contributed by atoms with van der Waals surface area (Å²) in [6.45, 7) is 3.72. The van der Waals surface area contributed by atoms with Gasteiger partial charge in [0.1, 0.15) is 24.0 Å². The Bertz CT molecular complexity index is 1450. The van der Waals surface area contributed by atoms with Crippen molar-refractivity contribution in [1.29, 1.82) is 0 Å². The van der Waals surface area contributed by atoms with Crippen LogP contribution in [0.15, 0.2) is 42.2 Å². The molecule has 3 aromatic carbocycles. The van der Waals surface area contributed by atoms with Crippen LogP contribution in [0.3, 0.4) is 0 Å². The summed E-state index contributed by atoms with van der Waals surface area (Å²) >= 11 is 12.4. The van der Waals surface area contributed by atoms with Gasteiger partial charge >= 0.3 is 0 Å². The highest BCUT2D eigenvalue weighted by Gasteiger charge is 2.34. The minimum atomic E-state index is -0.201. The van der Waals surface area contributed by atoms with Crippen LogP contribution in [0.25, 0.3) is 6.08 Å². The Labute approximate surface area is 231 Å². The van der Waals surface area contributed by atoms with Crippen LogP contribution in [-0.2, 0) is 13.0 Å². The molecule has 0 N–H and O–H groups in total. The van der Waals surface area contributed by atoms with Crippen molar-refractivity contribution in [2.45, 2.75) is 19.9 Å². The number of fused-ring (bicyclic) bond motifs is 2. The average molecular weight is 556 g/mol. The van der Waals surface area contributed by atoms with Gasteiger partial charge in [-0.25, -0.2) is 0 Å². The van der Waals surface area contributed by atoms with Crippen molar-refractivity contribution in [2.75, 3.05) is 34.6 Å². The van der Waals surface area contributed by atoms with Crippen molar-refractivity contribution in [3.05, 3.63) is 80.0 Å². The zero-order valence-corrected chi connectivity index (χ0v) is 23.0. The van der Waals surface area contributed by atoms with Crippen LogP contribution in [0, 0.1) is 6.92 Å². The Hall–Kier alpha value is -3.39. The van der Waals surface area contributed by atoms with Crippen LogP contribution < -0.4 is 23.7 Å². The first-order chi connectivity index (χ1) is 18.3. The van der Waals surface area contributed by atoms with Crippen LogP contribution in [0.4, 0.5) is 0 Å². The fourth-order valence-electron chi connectivity index (χ4n) is 4.75. The van der Waals surface area contributed by atoms with E-state index in [2.05, 4.69) is 4.90 Å². The second-order valence-corrected chi connectivity index (χ2v) is 9.91. The number of carbonyl (C=O) groups is 1. The van der Waals surface area contributed by atoms with Crippen LogP contribution in [-0.4, -0.2) is 45.3 Å². The summed E-state index contributed by atoms with van der Waals surface area (Å²) in [5, 5.41) is 1.26. The van der Waals surface area contributed by atoms with E-state index in [4.69, 9.17) is 46.9 Å². The highest BCUT2D eigenvalue weighted by molar-refractivity contribution is 6.35. The van der Waals surface area contributed by atoms with Gasteiger partial charge in [-0.2, -0.15) is 0 Å². The van der Waals surface area contributed by atoms with E-state index in [-0.39, 0.29) is 11.5 Å². The van der Waals surface area contributed by atoms with E-state index in [0.717, 1.165) is 35.4 Å². The molecule has 0 bridgehead atoms. The summed E-state index contributed by atoms with van der Waals surface area (Å²) in [6, 6.07) is 10.9.